The summed E-state index contributed by atoms with van der Waals surface area (Å²) >= 11 is 0. The van der Waals surface area contributed by atoms with Gasteiger partial charge in [-0.1, -0.05) is 6.08 Å². The van der Waals surface area contributed by atoms with Gasteiger partial charge in [0.05, 0.1) is 25.9 Å². The molecule has 0 saturated heterocycles. The minimum atomic E-state index is -1.85. The average molecular weight is 176 g/mol. The number of rotatable bonds is 7. The van der Waals surface area contributed by atoms with E-state index in [9.17, 15) is 0 Å². The zero-order valence-electron chi connectivity index (χ0n) is 6.72. The van der Waals surface area contributed by atoms with Gasteiger partial charge in [-0.25, -0.2) is 0 Å². The summed E-state index contributed by atoms with van der Waals surface area (Å²) in [5.41, 5.74) is 0. The third kappa shape index (κ3) is 7.71. The lowest BCUT2D eigenvalue weighted by Crippen LogP contribution is -2.27. The molecule has 0 rings (SSSR count). The van der Waals surface area contributed by atoms with Crippen molar-refractivity contribution in [1.82, 2.24) is 0 Å². The zero-order valence-corrected chi connectivity index (χ0v) is 6.72. The second-order valence-electron chi connectivity index (χ2n) is 2.14. The Morgan fingerprint density at radius 1 is 1.42 bits per heavy atom. The monoisotopic (exact) mass is 176 g/mol. The van der Waals surface area contributed by atoms with E-state index in [1.54, 1.807) is 6.08 Å². The van der Waals surface area contributed by atoms with Crippen molar-refractivity contribution in [3.63, 3.8) is 0 Å². The molecule has 0 aliphatic carbocycles. The van der Waals surface area contributed by atoms with Crippen LogP contribution in [0.3, 0.4) is 0 Å². The number of hydrogen-bond acceptors (Lipinski definition) is 5. The van der Waals surface area contributed by atoms with Crippen LogP contribution in [0.2, 0.25) is 0 Å². The highest BCUT2D eigenvalue weighted by molar-refractivity contribution is 6.32. The molecule has 0 bridgehead atoms. The number of aliphatic hydroxyl groups excluding tert-OH is 1. The lowest BCUT2D eigenvalue weighted by Gasteiger charge is -2.10. The highest BCUT2D eigenvalue weighted by atomic mass is 16.6. The third-order valence-electron chi connectivity index (χ3n) is 0.984. The van der Waals surface area contributed by atoms with Crippen molar-refractivity contribution in [2.24, 2.45) is 0 Å². The lowest BCUT2D eigenvalue weighted by molar-refractivity contribution is 0.00993. The van der Waals surface area contributed by atoms with Gasteiger partial charge in [0.2, 0.25) is 0 Å². The maximum atomic E-state index is 9.02. The number of ether oxygens (including phenoxy) is 1. The van der Waals surface area contributed by atoms with E-state index >= 15 is 0 Å². The molecule has 3 N–H and O–H groups in total. The van der Waals surface area contributed by atoms with Crippen LogP contribution >= 0.6 is 0 Å². The van der Waals surface area contributed by atoms with Crippen LogP contribution in [-0.2, 0) is 9.39 Å². The SMILES string of the molecule is C=CCOCC(O)COB(O)O. The molecule has 70 valence electrons. The summed E-state index contributed by atoms with van der Waals surface area (Å²) in [5, 5.41) is 25.5. The Hall–Kier alpha value is -0.395. The van der Waals surface area contributed by atoms with E-state index in [0.29, 0.717) is 6.61 Å². The quantitative estimate of drug-likeness (QED) is 0.251. The van der Waals surface area contributed by atoms with Gasteiger partial charge in [0.1, 0.15) is 0 Å². The van der Waals surface area contributed by atoms with E-state index in [-0.39, 0.29) is 13.2 Å². The van der Waals surface area contributed by atoms with Crippen LogP contribution in [0.15, 0.2) is 12.7 Å². The van der Waals surface area contributed by atoms with Crippen molar-refractivity contribution in [1.29, 1.82) is 0 Å². The van der Waals surface area contributed by atoms with Crippen molar-refractivity contribution < 1.29 is 24.5 Å². The summed E-state index contributed by atoms with van der Waals surface area (Å²) < 4.78 is 9.16. The Labute approximate surface area is 71.4 Å². The minimum Gasteiger partial charge on any atom is -0.402 e. The third-order valence-corrected chi connectivity index (χ3v) is 0.984. The topological polar surface area (TPSA) is 79.2 Å². The molecule has 0 radical (unpaired) electrons. The molecule has 0 amide bonds. The van der Waals surface area contributed by atoms with E-state index in [0.717, 1.165) is 0 Å². The van der Waals surface area contributed by atoms with Gasteiger partial charge in [0.15, 0.2) is 0 Å². The van der Waals surface area contributed by atoms with Crippen molar-refractivity contribution in [2.75, 3.05) is 19.8 Å². The second kappa shape index (κ2) is 7.26. The summed E-state index contributed by atoms with van der Waals surface area (Å²) in [7, 11) is -1.85. The first-order chi connectivity index (χ1) is 5.66. The molecule has 12 heavy (non-hydrogen) atoms. The first-order valence-corrected chi connectivity index (χ1v) is 3.51. The fourth-order valence-corrected chi connectivity index (χ4v) is 0.533. The van der Waals surface area contributed by atoms with Crippen LogP contribution in [0.25, 0.3) is 0 Å². The number of aliphatic hydroxyl groups is 1. The molecule has 0 aromatic heterocycles. The summed E-state index contributed by atoms with van der Waals surface area (Å²) in [5.74, 6) is 0. The first-order valence-electron chi connectivity index (χ1n) is 3.51. The first kappa shape index (κ1) is 11.6. The fourth-order valence-electron chi connectivity index (χ4n) is 0.533. The van der Waals surface area contributed by atoms with Crippen LogP contribution < -0.4 is 0 Å². The highest BCUT2D eigenvalue weighted by Crippen LogP contribution is 1.88. The average Bonchev–Trinajstić information content (AvgIpc) is 2.01. The molecular formula is C6H13BO5. The second-order valence-corrected chi connectivity index (χ2v) is 2.14. The van der Waals surface area contributed by atoms with Gasteiger partial charge in [-0.05, 0) is 0 Å². The van der Waals surface area contributed by atoms with E-state index in [1.807, 2.05) is 0 Å². The van der Waals surface area contributed by atoms with Crippen LogP contribution in [0.1, 0.15) is 0 Å². The van der Waals surface area contributed by atoms with Crippen molar-refractivity contribution in [3.05, 3.63) is 12.7 Å². The molecule has 0 heterocycles. The number of hydrogen-bond donors (Lipinski definition) is 3. The molecule has 1 atom stereocenters. The standard InChI is InChI=1S/C6H13BO5/c1-2-3-11-4-6(8)5-12-7(9)10/h2,6,8-10H,1,3-5H2. The predicted octanol–water partition coefficient (Wildman–Crippen LogP) is -1.46. The van der Waals surface area contributed by atoms with E-state index < -0.39 is 13.4 Å². The van der Waals surface area contributed by atoms with E-state index in [2.05, 4.69) is 11.2 Å². The Morgan fingerprint density at radius 2 is 2.08 bits per heavy atom. The Balaban J connectivity index is 3.21. The van der Waals surface area contributed by atoms with Gasteiger partial charge in [-0.3, -0.25) is 0 Å². The van der Waals surface area contributed by atoms with Gasteiger partial charge < -0.3 is 24.5 Å². The van der Waals surface area contributed by atoms with Crippen molar-refractivity contribution >= 4 is 7.32 Å². The van der Waals surface area contributed by atoms with Crippen molar-refractivity contribution in [2.45, 2.75) is 6.10 Å². The molecule has 0 aliphatic rings. The smallest absolute Gasteiger partial charge is 0.402 e. The molecule has 0 fully saturated rings. The maximum Gasteiger partial charge on any atom is 0.633 e. The van der Waals surface area contributed by atoms with Crippen LogP contribution in [0, 0.1) is 0 Å². The Kier molecular flexibility index (Phi) is 7.03. The largest absolute Gasteiger partial charge is 0.633 e. The van der Waals surface area contributed by atoms with Crippen LogP contribution in [-0.4, -0.2) is 48.4 Å². The van der Waals surface area contributed by atoms with Gasteiger partial charge in [0.25, 0.3) is 0 Å². The van der Waals surface area contributed by atoms with Crippen molar-refractivity contribution in [3.8, 4) is 0 Å². The molecule has 0 aromatic carbocycles. The molecule has 5 nitrogen and oxygen atoms in total. The van der Waals surface area contributed by atoms with Crippen LogP contribution in [0.4, 0.5) is 0 Å². The Bertz CT molecular complexity index is 119. The van der Waals surface area contributed by atoms with E-state index in [1.165, 1.54) is 0 Å². The maximum absolute atomic E-state index is 9.02. The molecule has 1 unspecified atom stereocenters. The highest BCUT2D eigenvalue weighted by Gasteiger charge is 2.11. The van der Waals surface area contributed by atoms with Gasteiger partial charge >= 0.3 is 7.32 Å². The molecule has 0 aliphatic heterocycles. The summed E-state index contributed by atoms with van der Waals surface area (Å²) in [6, 6.07) is 0. The molecule has 0 saturated carbocycles. The van der Waals surface area contributed by atoms with Gasteiger partial charge in [0, 0.05) is 0 Å². The predicted molar refractivity (Wildman–Crippen MR) is 43.2 cm³/mol. The summed E-state index contributed by atoms with van der Waals surface area (Å²) in [4.78, 5) is 0. The fraction of sp³-hybridized carbons (Fsp3) is 0.667. The molecule has 0 aromatic rings. The van der Waals surface area contributed by atoms with Gasteiger partial charge in [-0.15, -0.1) is 6.58 Å². The van der Waals surface area contributed by atoms with Gasteiger partial charge in [-0.2, -0.15) is 0 Å². The zero-order chi connectivity index (χ0) is 9.40. The Morgan fingerprint density at radius 3 is 2.58 bits per heavy atom. The normalized spacial score (nSPS) is 12.6. The van der Waals surface area contributed by atoms with E-state index in [4.69, 9.17) is 19.9 Å². The summed E-state index contributed by atoms with van der Waals surface area (Å²) in [6.07, 6.45) is 0.695. The molecule has 0 spiro atoms. The summed E-state index contributed by atoms with van der Waals surface area (Å²) in [6.45, 7) is 3.67. The lowest BCUT2D eigenvalue weighted by atomic mass is 10.2. The minimum absolute atomic E-state index is 0.0821. The van der Waals surface area contributed by atoms with Crippen LogP contribution in [0.5, 0.6) is 0 Å². The molecule has 6 heteroatoms. The molecular weight excluding hydrogens is 163 g/mol.